The molecule has 4 heteroatoms. The summed E-state index contributed by atoms with van der Waals surface area (Å²) >= 11 is 0. The highest BCUT2D eigenvalue weighted by molar-refractivity contribution is 4.67. The van der Waals surface area contributed by atoms with Crippen LogP contribution in [0.3, 0.4) is 0 Å². The molecule has 0 aromatic rings. The molecule has 66 valence electrons. The highest BCUT2D eigenvalue weighted by Crippen LogP contribution is 2.31. The number of hydrogen-bond donors (Lipinski definition) is 2. The minimum absolute atomic E-state index is 0.00694. The van der Waals surface area contributed by atoms with Gasteiger partial charge in [0.2, 0.25) is 0 Å². The predicted octanol–water partition coefficient (Wildman–Crippen LogP) is 0.0438. The lowest BCUT2D eigenvalue weighted by molar-refractivity contribution is -0.530. The largest absolute Gasteiger partial charge is 0.396 e. The minimum Gasteiger partial charge on any atom is -0.396 e. The Balaban J connectivity index is 2.26. The zero-order valence-electron chi connectivity index (χ0n) is 6.78. The Bertz CT molecular complexity index is 130. The quantitative estimate of drug-likeness (QED) is 0.615. The second kappa shape index (κ2) is 3.06. The summed E-state index contributed by atoms with van der Waals surface area (Å²) in [6.45, 7) is 3.55. The van der Waals surface area contributed by atoms with Crippen molar-refractivity contribution in [2.24, 2.45) is 5.92 Å². The Morgan fingerprint density at radius 2 is 2.09 bits per heavy atom. The third-order valence-electron chi connectivity index (χ3n) is 1.62. The number of aliphatic hydroxyl groups excluding tert-OH is 1. The third-order valence-corrected chi connectivity index (χ3v) is 1.62. The molecule has 1 atom stereocenters. The van der Waals surface area contributed by atoms with Crippen molar-refractivity contribution in [3.8, 4) is 0 Å². The molecule has 0 spiro atoms. The van der Waals surface area contributed by atoms with Gasteiger partial charge in [0.05, 0.1) is 0 Å². The molecule has 0 saturated carbocycles. The van der Waals surface area contributed by atoms with Crippen LogP contribution in [-0.2, 0) is 9.47 Å². The molecule has 11 heavy (non-hydrogen) atoms. The summed E-state index contributed by atoms with van der Waals surface area (Å²) in [6.07, 6.45) is -0.0145. The topological polar surface area (TPSA) is 58.9 Å². The number of rotatable bonds is 3. The van der Waals surface area contributed by atoms with Gasteiger partial charge in [-0.25, -0.2) is 0 Å². The van der Waals surface area contributed by atoms with Crippen LogP contribution >= 0.6 is 0 Å². The standard InChI is InChI=1S/C7H14O4/c1-5(4-8)3-7(9)10-6(2)11-7/h5-6,8-9H,3-4H2,1-2H3. The van der Waals surface area contributed by atoms with Gasteiger partial charge in [0.1, 0.15) is 0 Å². The zero-order valence-corrected chi connectivity index (χ0v) is 6.78. The second-order valence-corrected chi connectivity index (χ2v) is 3.01. The second-order valence-electron chi connectivity index (χ2n) is 3.01. The maximum Gasteiger partial charge on any atom is 0.285 e. The molecule has 1 heterocycles. The van der Waals surface area contributed by atoms with Crippen molar-refractivity contribution < 1.29 is 19.7 Å². The minimum atomic E-state index is -1.44. The van der Waals surface area contributed by atoms with Crippen molar-refractivity contribution in [1.82, 2.24) is 0 Å². The first-order valence-corrected chi connectivity index (χ1v) is 3.74. The van der Waals surface area contributed by atoms with E-state index in [-0.39, 0.29) is 18.8 Å². The summed E-state index contributed by atoms with van der Waals surface area (Å²) in [5.41, 5.74) is 0. The van der Waals surface area contributed by atoms with Gasteiger partial charge in [0.25, 0.3) is 5.97 Å². The molecule has 4 nitrogen and oxygen atoms in total. The van der Waals surface area contributed by atoms with Crippen LogP contribution in [-0.4, -0.2) is 29.1 Å². The van der Waals surface area contributed by atoms with E-state index in [9.17, 15) is 5.11 Å². The van der Waals surface area contributed by atoms with Gasteiger partial charge in [-0.2, -0.15) is 0 Å². The predicted molar refractivity (Wildman–Crippen MR) is 37.4 cm³/mol. The molecular weight excluding hydrogens is 148 g/mol. The molecule has 0 amide bonds. The van der Waals surface area contributed by atoms with Gasteiger partial charge in [0.15, 0.2) is 6.29 Å². The molecule has 1 aliphatic rings. The number of hydrogen-bond acceptors (Lipinski definition) is 4. The summed E-state index contributed by atoms with van der Waals surface area (Å²) in [5.74, 6) is -1.45. The van der Waals surface area contributed by atoms with Crippen molar-refractivity contribution in [2.75, 3.05) is 6.61 Å². The van der Waals surface area contributed by atoms with Gasteiger partial charge >= 0.3 is 0 Å². The molecule has 0 bridgehead atoms. The number of aliphatic hydroxyl groups is 2. The molecule has 1 rings (SSSR count). The van der Waals surface area contributed by atoms with Gasteiger partial charge in [-0.1, -0.05) is 6.92 Å². The van der Waals surface area contributed by atoms with E-state index < -0.39 is 5.97 Å². The lowest BCUT2D eigenvalue weighted by atomic mass is 10.1. The first-order valence-electron chi connectivity index (χ1n) is 3.74. The van der Waals surface area contributed by atoms with Crippen molar-refractivity contribution in [2.45, 2.75) is 32.5 Å². The molecule has 0 radical (unpaired) electrons. The lowest BCUT2D eigenvalue weighted by Gasteiger charge is -2.42. The van der Waals surface area contributed by atoms with Crippen LogP contribution in [0.15, 0.2) is 0 Å². The Morgan fingerprint density at radius 1 is 1.55 bits per heavy atom. The fourth-order valence-corrected chi connectivity index (χ4v) is 1.13. The lowest BCUT2D eigenvalue weighted by Crippen LogP contribution is -2.53. The smallest absolute Gasteiger partial charge is 0.285 e. The van der Waals surface area contributed by atoms with E-state index in [2.05, 4.69) is 0 Å². The molecular formula is C7H14O4. The Kier molecular flexibility index (Phi) is 2.49. The SMILES string of the molecule is CC(CO)CC1(O)OC(C)O1. The Hall–Kier alpha value is -0.160. The van der Waals surface area contributed by atoms with E-state index in [0.29, 0.717) is 6.42 Å². The zero-order chi connectivity index (χ0) is 8.48. The van der Waals surface area contributed by atoms with Gasteiger partial charge in [-0.3, -0.25) is 9.47 Å². The molecule has 1 unspecified atom stereocenters. The van der Waals surface area contributed by atoms with E-state index in [1.54, 1.807) is 6.92 Å². The molecule has 1 saturated heterocycles. The summed E-state index contributed by atoms with van der Waals surface area (Å²) in [6, 6.07) is 0. The van der Waals surface area contributed by atoms with Gasteiger partial charge in [0, 0.05) is 13.0 Å². The van der Waals surface area contributed by atoms with Crippen LogP contribution in [0.25, 0.3) is 0 Å². The van der Waals surface area contributed by atoms with Gasteiger partial charge in [-0.05, 0) is 12.8 Å². The van der Waals surface area contributed by atoms with Crippen LogP contribution < -0.4 is 0 Å². The summed E-state index contributed by atoms with van der Waals surface area (Å²) in [4.78, 5) is 0. The summed E-state index contributed by atoms with van der Waals surface area (Å²) in [7, 11) is 0. The van der Waals surface area contributed by atoms with Crippen LogP contribution in [0.2, 0.25) is 0 Å². The maximum absolute atomic E-state index is 9.33. The Morgan fingerprint density at radius 3 is 2.45 bits per heavy atom. The molecule has 0 aromatic heterocycles. The van der Waals surface area contributed by atoms with Crippen molar-refractivity contribution in [1.29, 1.82) is 0 Å². The third kappa shape index (κ3) is 2.13. The monoisotopic (exact) mass is 162 g/mol. The highest BCUT2D eigenvalue weighted by Gasteiger charge is 2.43. The van der Waals surface area contributed by atoms with Crippen molar-refractivity contribution in [3.63, 3.8) is 0 Å². The number of ether oxygens (including phenoxy) is 2. The normalized spacial score (nSPS) is 39.8. The average molecular weight is 162 g/mol. The fourth-order valence-electron chi connectivity index (χ4n) is 1.13. The van der Waals surface area contributed by atoms with Gasteiger partial charge in [-0.15, -0.1) is 0 Å². The van der Waals surface area contributed by atoms with E-state index in [0.717, 1.165) is 0 Å². The first-order chi connectivity index (χ1) is 5.06. The molecule has 2 N–H and O–H groups in total. The van der Waals surface area contributed by atoms with Crippen LogP contribution in [0.1, 0.15) is 20.3 Å². The van der Waals surface area contributed by atoms with E-state index >= 15 is 0 Å². The molecule has 1 fully saturated rings. The van der Waals surface area contributed by atoms with Crippen LogP contribution in [0.5, 0.6) is 0 Å². The summed E-state index contributed by atoms with van der Waals surface area (Å²) in [5, 5.41) is 18.0. The molecule has 0 aromatic carbocycles. The van der Waals surface area contributed by atoms with E-state index in [1.165, 1.54) is 0 Å². The maximum atomic E-state index is 9.33. The van der Waals surface area contributed by atoms with Gasteiger partial charge < -0.3 is 10.2 Å². The molecule has 0 aliphatic carbocycles. The van der Waals surface area contributed by atoms with Crippen molar-refractivity contribution in [3.05, 3.63) is 0 Å². The van der Waals surface area contributed by atoms with Crippen LogP contribution in [0, 0.1) is 5.92 Å². The van der Waals surface area contributed by atoms with Crippen molar-refractivity contribution >= 4 is 0 Å². The van der Waals surface area contributed by atoms with E-state index in [4.69, 9.17) is 14.6 Å². The average Bonchev–Trinajstić information content (AvgIpc) is 1.84. The van der Waals surface area contributed by atoms with Crippen LogP contribution in [0.4, 0.5) is 0 Å². The highest BCUT2D eigenvalue weighted by atomic mass is 17.0. The van der Waals surface area contributed by atoms with E-state index in [1.807, 2.05) is 6.92 Å². The summed E-state index contributed by atoms with van der Waals surface area (Å²) < 4.78 is 9.84. The Labute approximate surface area is 65.7 Å². The fraction of sp³-hybridized carbons (Fsp3) is 1.00. The molecule has 1 aliphatic heterocycles. The first kappa shape index (κ1) is 8.93.